The molecule has 2 heterocycles. The molecule has 3 rings (SSSR count). The van der Waals surface area contributed by atoms with E-state index in [1.807, 2.05) is 21.0 Å². The molecule has 0 spiro atoms. The van der Waals surface area contributed by atoms with E-state index in [1.54, 1.807) is 14.0 Å². The van der Waals surface area contributed by atoms with E-state index < -0.39 is 41.5 Å². The van der Waals surface area contributed by atoms with E-state index in [-0.39, 0.29) is 30.8 Å². The first-order valence-electron chi connectivity index (χ1n) is 18.7. The molecule has 10 nitrogen and oxygen atoms in total. The van der Waals surface area contributed by atoms with Crippen LogP contribution in [-0.4, -0.2) is 89.5 Å². The topological polar surface area (TPSA) is 140 Å². The normalized spacial score (nSPS) is 30.6. The van der Waals surface area contributed by atoms with Gasteiger partial charge in [0, 0.05) is 39.0 Å². The zero-order valence-electron chi connectivity index (χ0n) is 30.9. The molecule has 2 aliphatic heterocycles. The Labute approximate surface area is 294 Å². The Balaban J connectivity index is 1.43. The number of nitrogens with zero attached hydrogens (tertiary/aromatic N) is 1. The molecule has 0 bridgehead atoms. The van der Waals surface area contributed by atoms with Crippen LogP contribution in [0.1, 0.15) is 130 Å². The van der Waals surface area contributed by atoms with Crippen molar-refractivity contribution in [1.82, 2.24) is 4.90 Å². The maximum Gasteiger partial charge on any atom is 0.326 e. The van der Waals surface area contributed by atoms with Crippen LogP contribution in [0.5, 0.6) is 0 Å². The quantitative estimate of drug-likeness (QED) is 0.0929. The predicted molar refractivity (Wildman–Crippen MR) is 188 cm³/mol. The lowest BCUT2D eigenvalue weighted by Gasteiger charge is -2.45. The van der Waals surface area contributed by atoms with Gasteiger partial charge in [0.1, 0.15) is 11.8 Å². The monoisotopic (exact) mass is 689 g/mol. The summed E-state index contributed by atoms with van der Waals surface area (Å²) < 4.78 is 17.2. The van der Waals surface area contributed by atoms with Crippen molar-refractivity contribution in [2.45, 2.75) is 161 Å². The lowest BCUT2D eigenvalue weighted by Crippen LogP contribution is -2.62. The molecule has 49 heavy (non-hydrogen) atoms. The number of Topliss-reactive ketones (excluding diaryl/α,β-unsaturated/α-hetero) is 2. The number of hydrogen-bond acceptors (Lipinski definition) is 8. The number of piperidine rings is 1. The Bertz CT molecular complexity index is 1180. The van der Waals surface area contributed by atoms with Gasteiger partial charge in [-0.3, -0.25) is 14.4 Å². The molecule has 3 fully saturated rings. The van der Waals surface area contributed by atoms with Crippen LogP contribution in [0.4, 0.5) is 0 Å². The van der Waals surface area contributed by atoms with Crippen molar-refractivity contribution in [3.05, 3.63) is 23.3 Å². The molecule has 0 aromatic heterocycles. The molecule has 8 atom stereocenters. The van der Waals surface area contributed by atoms with Crippen LogP contribution in [0.25, 0.3) is 0 Å². The Morgan fingerprint density at radius 1 is 0.918 bits per heavy atom. The average molecular weight is 690 g/mol. The molecule has 0 radical (unpaired) electrons. The first kappa shape index (κ1) is 41.0. The van der Waals surface area contributed by atoms with E-state index in [0.29, 0.717) is 44.1 Å². The number of carbonyl (C=O) groups excluding carboxylic acids is 3. The van der Waals surface area contributed by atoms with Crippen molar-refractivity contribution >= 4 is 23.4 Å². The van der Waals surface area contributed by atoms with Crippen LogP contribution >= 0.6 is 0 Å². The van der Waals surface area contributed by atoms with E-state index in [0.717, 1.165) is 61.8 Å². The maximum atomic E-state index is 13.4. The summed E-state index contributed by atoms with van der Waals surface area (Å²) in [7, 11) is 3.37. The Morgan fingerprint density at radius 2 is 1.61 bits per heavy atom. The van der Waals surface area contributed by atoms with Crippen LogP contribution in [0, 0.1) is 17.8 Å². The summed E-state index contributed by atoms with van der Waals surface area (Å²) in [6, 6.07) is -1.09. The summed E-state index contributed by atoms with van der Waals surface area (Å²) in [5, 5.41) is 21.0. The number of hydrogen-bond donors (Lipinski definition) is 2. The average Bonchev–Trinajstić information content (AvgIpc) is 3.09. The van der Waals surface area contributed by atoms with Gasteiger partial charge < -0.3 is 29.3 Å². The Kier molecular flexibility index (Phi) is 16.6. The fourth-order valence-electron chi connectivity index (χ4n) is 7.88. The van der Waals surface area contributed by atoms with Gasteiger partial charge in [-0.25, -0.2) is 4.79 Å². The summed E-state index contributed by atoms with van der Waals surface area (Å²) in [6.45, 7) is 8.01. The predicted octanol–water partition coefficient (Wildman–Crippen LogP) is 6.57. The second-order valence-corrected chi connectivity index (χ2v) is 15.0. The molecule has 1 aliphatic carbocycles. The Morgan fingerprint density at radius 3 is 2.31 bits per heavy atom. The number of amides is 1. The number of carboxylic acid groups (broad SMARTS) is 1. The van der Waals surface area contributed by atoms with Gasteiger partial charge in [-0.15, -0.1) is 0 Å². The molecule has 278 valence electrons. The highest BCUT2D eigenvalue weighted by atomic mass is 16.7. The van der Waals surface area contributed by atoms with Crippen LogP contribution in [0.2, 0.25) is 0 Å². The maximum absolute atomic E-state index is 13.4. The lowest BCUT2D eigenvalue weighted by atomic mass is 9.84. The van der Waals surface area contributed by atoms with Crippen LogP contribution in [0.3, 0.4) is 0 Å². The molecule has 1 amide bonds. The number of methoxy groups -OCH3 is 2. The number of likely N-dealkylation sites (tertiary alicyclic amines) is 1. The highest BCUT2D eigenvalue weighted by Crippen LogP contribution is 2.37. The molecular formula is C39H63NO9. The number of ketones is 2. The van der Waals surface area contributed by atoms with Gasteiger partial charge >= 0.3 is 5.97 Å². The standard InChI is InChI=1S/C39H63NO9/c1-26(22-28(3)33(41)19-9-7-15-27(2)23-30-16-13-17-31(25-30)47-5)14-8-10-20-34-35(48-6)24-29(4)39(46,49-34)36(42)37(43)40-21-12-11-18-32(40)38(44)45/h22-23,28-32,34-35,46H,7-21,24-25H2,1-6H3,(H,44,45)/b26-22+,27-23+/t28-,29+,30-,31-,32-,34?,35-,39+/m0/s1. The number of ether oxygens (including phenoxy) is 3. The summed E-state index contributed by atoms with van der Waals surface area (Å²) in [6.07, 6.45) is 16.9. The summed E-state index contributed by atoms with van der Waals surface area (Å²) in [4.78, 5) is 52.2. The molecule has 10 heteroatoms. The largest absolute Gasteiger partial charge is 0.480 e. The van der Waals surface area contributed by atoms with Gasteiger partial charge in [-0.05, 0) is 103 Å². The number of carbonyl (C=O) groups is 4. The van der Waals surface area contributed by atoms with Crippen molar-refractivity contribution in [3.63, 3.8) is 0 Å². The second kappa shape index (κ2) is 19.8. The minimum atomic E-state index is -2.35. The summed E-state index contributed by atoms with van der Waals surface area (Å²) >= 11 is 0. The van der Waals surface area contributed by atoms with Crippen LogP contribution in [0.15, 0.2) is 23.3 Å². The minimum absolute atomic E-state index is 0.134. The van der Waals surface area contributed by atoms with Crippen LogP contribution in [-0.2, 0) is 33.4 Å². The second-order valence-electron chi connectivity index (χ2n) is 15.0. The van der Waals surface area contributed by atoms with Crippen molar-refractivity contribution in [2.24, 2.45) is 17.8 Å². The highest BCUT2D eigenvalue weighted by molar-refractivity contribution is 6.39. The van der Waals surface area contributed by atoms with E-state index in [2.05, 4.69) is 19.1 Å². The first-order chi connectivity index (χ1) is 23.3. The third-order valence-corrected chi connectivity index (χ3v) is 11.0. The van der Waals surface area contributed by atoms with Crippen LogP contribution < -0.4 is 0 Å². The third kappa shape index (κ3) is 11.8. The first-order valence-corrected chi connectivity index (χ1v) is 18.7. The van der Waals surface area contributed by atoms with Crippen molar-refractivity contribution < 1.29 is 43.6 Å². The van der Waals surface area contributed by atoms with Crippen molar-refractivity contribution in [3.8, 4) is 0 Å². The summed E-state index contributed by atoms with van der Waals surface area (Å²) in [5.74, 6) is -5.60. The number of aliphatic hydroxyl groups is 1. The van der Waals surface area contributed by atoms with E-state index >= 15 is 0 Å². The molecular weight excluding hydrogens is 626 g/mol. The molecule has 2 saturated heterocycles. The van der Waals surface area contributed by atoms with Gasteiger partial charge in [-0.1, -0.05) is 50.0 Å². The zero-order valence-corrected chi connectivity index (χ0v) is 30.9. The SMILES string of the molecule is CO[C@H]1CCC[C@@H](/C=C(\C)CCCCC(=O)[C@@H](C)/C=C(\C)CCCCC2O[C@@](O)(C(=O)C(=O)N3CCCC[C@H]3C(=O)O)[C@H](C)C[C@@H]2OC)C1. The van der Waals surface area contributed by atoms with Gasteiger partial charge in [0.15, 0.2) is 0 Å². The number of unbranched alkanes of at least 4 members (excludes halogenated alkanes) is 2. The molecule has 1 unspecified atom stereocenters. The summed E-state index contributed by atoms with van der Waals surface area (Å²) in [5.41, 5.74) is 2.56. The molecule has 1 saturated carbocycles. The fraction of sp³-hybridized carbons (Fsp3) is 0.795. The number of rotatable bonds is 18. The Hall–Kier alpha value is -2.40. The molecule has 0 aromatic rings. The number of carboxylic acids is 1. The number of aliphatic carboxylic acids is 1. The highest BCUT2D eigenvalue weighted by Gasteiger charge is 2.54. The smallest absolute Gasteiger partial charge is 0.326 e. The van der Waals surface area contributed by atoms with Crippen molar-refractivity contribution in [1.29, 1.82) is 0 Å². The van der Waals surface area contributed by atoms with E-state index in [1.165, 1.54) is 18.4 Å². The minimum Gasteiger partial charge on any atom is -0.480 e. The van der Waals surface area contributed by atoms with E-state index in [4.69, 9.17) is 14.2 Å². The lowest BCUT2D eigenvalue weighted by molar-refractivity contribution is -0.286. The van der Waals surface area contributed by atoms with E-state index in [9.17, 15) is 29.4 Å². The molecule has 3 aliphatic rings. The molecule has 0 aromatic carbocycles. The fourth-order valence-corrected chi connectivity index (χ4v) is 7.88. The molecule has 2 N–H and O–H groups in total. The van der Waals surface area contributed by atoms with Gasteiger partial charge in [0.05, 0.1) is 18.3 Å². The zero-order chi connectivity index (χ0) is 36.1. The van der Waals surface area contributed by atoms with Gasteiger partial charge in [-0.2, -0.15) is 0 Å². The van der Waals surface area contributed by atoms with Gasteiger partial charge in [0.2, 0.25) is 5.79 Å². The third-order valence-electron chi connectivity index (χ3n) is 11.0. The number of allylic oxidation sites excluding steroid dienone is 4. The van der Waals surface area contributed by atoms with Crippen molar-refractivity contribution in [2.75, 3.05) is 20.8 Å². The van der Waals surface area contributed by atoms with Gasteiger partial charge in [0.25, 0.3) is 11.7 Å².